The summed E-state index contributed by atoms with van der Waals surface area (Å²) in [4.78, 5) is 17.5. The number of carbonyl (C=O) groups is 1. The number of nitrogens with two attached hydrogens (primary N) is 1. The van der Waals surface area contributed by atoms with Crippen LogP contribution in [0.4, 0.5) is 13.6 Å². The van der Waals surface area contributed by atoms with Gasteiger partial charge in [-0.3, -0.25) is 0 Å². The number of guanidine groups is 1. The Morgan fingerprint density at radius 3 is 2.78 bits per heavy atom. The van der Waals surface area contributed by atoms with Gasteiger partial charge < -0.3 is 25.4 Å². The molecule has 7 nitrogen and oxygen atoms in total. The van der Waals surface area contributed by atoms with Crippen LogP contribution in [-0.2, 0) is 11.3 Å². The van der Waals surface area contributed by atoms with Gasteiger partial charge >= 0.3 is 12.7 Å². The number of nitrogens with zero attached hydrogens (tertiary/aromatic N) is 2. The van der Waals surface area contributed by atoms with E-state index in [1.807, 2.05) is 0 Å². The number of amides is 1. The van der Waals surface area contributed by atoms with E-state index in [2.05, 4.69) is 15.0 Å². The van der Waals surface area contributed by atoms with Gasteiger partial charge in [0.05, 0.1) is 13.2 Å². The largest absolute Gasteiger partial charge is 0.450 e. The fourth-order valence-corrected chi connectivity index (χ4v) is 2.92. The lowest BCUT2D eigenvalue weighted by Crippen LogP contribution is -2.48. The number of hydrogen-bond acceptors (Lipinski definition) is 4. The topological polar surface area (TPSA) is 89.2 Å². The van der Waals surface area contributed by atoms with Gasteiger partial charge in [0.1, 0.15) is 5.75 Å². The number of alkyl halides is 2. The van der Waals surface area contributed by atoms with E-state index in [4.69, 9.17) is 22.1 Å². The third kappa shape index (κ3) is 6.74. The molecule has 1 aromatic carbocycles. The van der Waals surface area contributed by atoms with E-state index in [-0.39, 0.29) is 30.4 Å². The van der Waals surface area contributed by atoms with E-state index < -0.39 is 6.61 Å². The van der Waals surface area contributed by atoms with Crippen molar-refractivity contribution < 1.29 is 23.0 Å². The first-order chi connectivity index (χ1) is 12.9. The van der Waals surface area contributed by atoms with Gasteiger partial charge in [-0.1, -0.05) is 11.6 Å². The maximum Gasteiger partial charge on any atom is 0.409 e. The molecule has 27 heavy (non-hydrogen) atoms. The van der Waals surface area contributed by atoms with Gasteiger partial charge in [0.25, 0.3) is 0 Å². The van der Waals surface area contributed by atoms with E-state index in [0.717, 1.165) is 0 Å². The maximum absolute atomic E-state index is 12.5. The van der Waals surface area contributed by atoms with Crippen molar-refractivity contribution in [3.63, 3.8) is 0 Å². The summed E-state index contributed by atoms with van der Waals surface area (Å²) in [5.41, 5.74) is 6.30. The Morgan fingerprint density at radius 1 is 1.44 bits per heavy atom. The van der Waals surface area contributed by atoms with Gasteiger partial charge in [-0.15, -0.1) is 0 Å². The van der Waals surface area contributed by atoms with Crippen LogP contribution in [0.3, 0.4) is 0 Å². The molecule has 0 aromatic heterocycles. The summed E-state index contributed by atoms with van der Waals surface area (Å²) in [6, 6.07) is 4.41. The molecule has 3 N–H and O–H groups in total. The SMILES string of the molecule is CCOC(=O)N1CCC(NC(N)=NCc2cc(Cl)ccc2OC(F)F)CC1. The van der Waals surface area contributed by atoms with Crippen LogP contribution in [0.15, 0.2) is 23.2 Å². The van der Waals surface area contributed by atoms with Crippen molar-refractivity contribution in [2.45, 2.75) is 39.0 Å². The number of piperidine rings is 1. The quantitative estimate of drug-likeness (QED) is 0.562. The lowest BCUT2D eigenvalue weighted by Gasteiger charge is -2.31. The normalized spacial score (nSPS) is 15.7. The Hall–Kier alpha value is -2.29. The average molecular weight is 405 g/mol. The molecule has 0 unspecified atom stereocenters. The van der Waals surface area contributed by atoms with Gasteiger partial charge in [-0.2, -0.15) is 8.78 Å². The summed E-state index contributed by atoms with van der Waals surface area (Å²) in [5.74, 6) is 0.196. The highest BCUT2D eigenvalue weighted by Gasteiger charge is 2.23. The Kier molecular flexibility index (Phi) is 7.90. The molecule has 1 aromatic rings. The van der Waals surface area contributed by atoms with Crippen LogP contribution in [0.25, 0.3) is 0 Å². The Morgan fingerprint density at radius 2 is 2.15 bits per heavy atom. The molecule has 0 spiro atoms. The van der Waals surface area contributed by atoms with Crippen molar-refractivity contribution in [1.82, 2.24) is 10.2 Å². The molecule has 1 heterocycles. The molecular weight excluding hydrogens is 382 g/mol. The van der Waals surface area contributed by atoms with Crippen molar-refractivity contribution in [3.8, 4) is 5.75 Å². The van der Waals surface area contributed by atoms with E-state index in [9.17, 15) is 13.6 Å². The second kappa shape index (κ2) is 10.1. The minimum absolute atomic E-state index is 0.00805. The highest BCUT2D eigenvalue weighted by atomic mass is 35.5. The fourth-order valence-electron chi connectivity index (χ4n) is 2.73. The summed E-state index contributed by atoms with van der Waals surface area (Å²) in [6.07, 6.45) is 1.09. The highest BCUT2D eigenvalue weighted by Crippen LogP contribution is 2.25. The first kappa shape index (κ1) is 21.0. The predicted octanol–water partition coefficient (Wildman–Crippen LogP) is 2.97. The Bertz CT molecular complexity index is 668. The van der Waals surface area contributed by atoms with E-state index in [1.165, 1.54) is 18.2 Å². The number of benzene rings is 1. The van der Waals surface area contributed by atoms with Gasteiger partial charge in [0.2, 0.25) is 0 Å². The number of aliphatic imine (C=N–C) groups is 1. The number of ether oxygens (including phenoxy) is 2. The van der Waals surface area contributed by atoms with Crippen LogP contribution in [0.5, 0.6) is 5.75 Å². The van der Waals surface area contributed by atoms with Gasteiger partial charge in [-0.05, 0) is 38.0 Å². The summed E-state index contributed by atoms with van der Waals surface area (Å²) in [7, 11) is 0. The van der Waals surface area contributed by atoms with Crippen molar-refractivity contribution in [2.75, 3.05) is 19.7 Å². The maximum atomic E-state index is 12.5. The van der Waals surface area contributed by atoms with Crippen molar-refractivity contribution in [3.05, 3.63) is 28.8 Å². The number of nitrogens with one attached hydrogen (secondary N) is 1. The monoisotopic (exact) mass is 404 g/mol. The van der Waals surface area contributed by atoms with Gasteiger partial charge in [0, 0.05) is 29.7 Å². The molecule has 0 aliphatic carbocycles. The molecule has 1 aliphatic heterocycles. The van der Waals surface area contributed by atoms with Crippen molar-refractivity contribution in [2.24, 2.45) is 10.7 Å². The number of carbonyl (C=O) groups excluding carboxylic acids is 1. The molecular formula is C17H23ClF2N4O3. The zero-order valence-corrected chi connectivity index (χ0v) is 15.7. The standard InChI is InChI=1S/C17H23ClF2N4O3/c1-2-26-17(25)24-7-5-13(6-8-24)23-16(21)22-10-11-9-12(18)3-4-14(11)27-15(19)20/h3-4,9,13,15H,2,5-8,10H2,1H3,(H3,21,22,23). The number of halogens is 3. The second-order valence-corrected chi connectivity index (χ2v) is 6.37. The van der Waals surface area contributed by atoms with Crippen LogP contribution >= 0.6 is 11.6 Å². The van der Waals surface area contributed by atoms with E-state index in [0.29, 0.717) is 43.1 Å². The molecule has 1 amide bonds. The van der Waals surface area contributed by atoms with Gasteiger partial charge in [0.15, 0.2) is 5.96 Å². The third-order valence-corrected chi connectivity index (χ3v) is 4.27. The molecule has 10 heteroatoms. The smallest absolute Gasteiger partial charge is 0.409 e. The molecule has 0 saturated carbocycles. The Balaban J connectivity index is 1.88. The number of likely N-dealkylation sites (tertiary alicyclic amines) is 1. The molecule has 1 saturated heterocycles. The molecule has 0 radical (unpaired) electrons. The van der Waals surface area contributed by atoms with E-state index >= 15 is 0 Å². The highest BCUT2D eigenvalue weighted by molar-refractivity contribution is 6.30. The minimum atomic E-state index is -2.94. The summed E-state index contributed by atoms with van der Waals surface area (Å²) < 4.78 is 34.4. The van der Waals surface area contributed by atoms with Crippen molar-refractivity contribution in [1.29, 1.82) is 0 Å². The average Bonchev–Trinajstić information content (AvgIpc) is 2.62. The van der Waals surface area contributed by atoms with Gasteiger partial charge in [-0.25, -0.2) is 9.79 Å². The molecule has 0 bridgehead atoms. The number of rotatable bonds is 6. The van der Waals surface area contributed by atoms with Crippen LogP contribution in [0.2, 0.25) is 5.02 Å². The first-order valence-electron chi connectivity index (χ1n) is 8.60. The lowest BCUT2D eigenvalue weighted by atomic mass is 10.1. The summed E-state index contributed by atoms with van der Waals surface area (Å²) in [5, 5.41) is 3.47. The molecule has 150 valence electrons. The lowest BCUT2D eigenvalue weighted by molar-refractivity contribution is -0.0504. The van der Waals surface area contributed by atoms with Crippen LogP contribution in [0, 0.1) is 0 Å². The Labute approximate surface area is 161 Å². The fraction of sp³-hybridized carbons (Fsp3) is 0.529. The van der Waals surface area contributed by atoms with Crippen LogP contribution in [0.1, 0.15) is 25.3 Å². The molecule has 2 rings (SSSR count). The molecule has 1 aliphatic rings. The van der Waals surface area contributed by atoms with E-state index in [1.54, 1.807) is 11.8 Å². The number of hydrogen-bond donors (Lipinski definition) is 2. The van der Waals surface area contributed by atoms with Crippen molar-refractivity contribution >= 4 is 23.7 Å². The summed E-state index contributed by atoms with van der Waals surface area (Å²) in [6.45, 7) is 0.338. The minimum Gasteiger partial charge on any atom is -0.450 e. The molecule has 0 atom stereocenters. The third-order valence-electron chi connectivity index (χ3n) is 4.03. The first-order valence-corrected chi connectivity index (χ1v) is 8.98. The van der Waals surface area contributed by atoms with Crippen LogP contribution in [-0.4, -0.2) is 49.3 Å². The summed E-state index contributed by atoms with van der Waals surface area (Å²) >= 11 is 5.91. The zero-order valence-electron chi connectivity index (χ0n) is 15.0. The molecule has 1 fully saturated rings. The second-order valence-electron chi connectivity index (χ2n) is 5.94. The predicted molar refractivity (Wildman–Crippen MR) is 98.2 cm³/mol. The zero-order chi connectivity index (χ0) is 19.8. The van der Waals surface area contributed by atoms with Crippen LogP contribution < -0.4 is 15.8 Å².